The molecule has 2 saturated heterocycles. The van der Waals surface area contributed by atoms with Gasteiger partial charge in [0, 0.05) is 43.8 Å². The minimum atomic E-state index is -0.168. The monoisotopic (exact) mass is 369 g/mol. The number of carbonyl (C=O) groups is 1. The summed E-state index contributed by atoms with van der Waals surface area (Å²) in [5.41, 5.74) is 1.65. The molecule has 0 aromatic carbocycles. The molecule has 4 rings (SSSR count). The molecule has 2 aliphatic heterocycles. The number of carbonyl (C=O) groups excluding carboxylic acids is 1. The maximum Gasteiger partial charge on any atom is 0.254 e. The Morgan fingerprint density at radius 2 is 1.85 bits per heavy atom. The lowest BCUT2D eigenvalue weighted by Gasteiger charge is -2.26. The van der Waals surface area contributed by atoms with Crippen molar-refractivity contribution >= 4 is 11.9 Å². The molecule has 8 nitrogen and oxygen atoms in total. The van der Waals surface area contributed by atoms with Gasteiger partial charge in [0.05, 0.1) is 38.0 Å². The van der Waals surface area contributed by atoms with Gasteiger partial charge in [-0.1, -0.05) is 0 Å². The third-order valence-corrected chi connectivity index (χ3v) is 4.96. The number of hydrogen-bond acceptors (Lipinski definition) is 7. The topological polar surface area (TPSA) is 89.5 Å². The molecule has 2 atom stereocenters. The van der Waals surface area contributed by atoms with Gasteiger partial charge in [0.15, 0.2) is 0 Å². The van der Waals surface area contributed by atoms with E-state index in [1.54, 1.807) is 24.8 Å². The maximum absolute atomic E-state index is 12.6. The van der Waals surface area contributed by atoms with Crippen LogP contribution in [0.5, 0.6) is 0 Å². The van der Waals surface area contributed by atoms with Crippen LogP contribution in [0, 0.1) is 5.92 Å². The van der Waals surface area contributed by atoms with Gasteiger partial charge in [-0.2, -0.15) is 0 Å². The van der Waals surface area contributed by atoms with Crippen LogP contribution in [0.3, 0.4) is 0 Å². The lowest BCUT2D eigenvalue weighted by Crippen LogP contribution is -2.41. The van der Waals surface area contributed by atoms with Crippen molar-refractivity contribution < 1.29 is 14.3 Å². The molecule has 8 heteroatoms. The highest BCUT2D eigenvalue weighted by atomic mass is 16.5. The molecule has 0 aliphatic carbocycles. The summed E-state index contributed by atoms with van der Waals surface area (Å²) < 4.78 is 10.9. The normalized spacial score (nSPS) is 22.6. The molecule has 0 unspecified atom stereocenters. The summed E-state index contributed by atoms with van der Waals surface area (Å²) in [7, 11) is 0. The van der Waals surface area contributed by atoms with Gasteiger partial charge in [0.1, 0.15) is 0 Å². The highest BCUT2D eigenvalue weighted by Crippen LogP contribution is 2.19. The lowest BCUT2D eigenvalue weighted by molar-refractivity contribution is 0.0924. The largest absolute Gasteiger partial charge is 0.379 e. The maximum atomic E-state index is 12.6. The lowest BCUT2D eigenvalue weighted by atomic mass is 9.95. The van der Waals surface area contributed by atoms with Crippen LogP contribution in [0.25, 0.3) is 0 Å². The van der Waals surface area contributed by atoms with Crippen molar-refractivity contribution in [1.29, 1.82) is 0 Å². The van der Waals surface area contributed by atoms with E-state index in [2.05, 4.69) is 25.2 Å². The summed E-state index contributed by atoms with van der Waals surface area (Å²) in [5, 5.41) is 3.07. The Balaban J connectivity index is 1.36. The summed E-state index contributed by atoms with van der Waals surface area (Å²) in [6, 6.07) is 3.97. The number of morpholine rings is 1. The summed E-state index contributed by atoms with van der Waals surface area (Å²) in [6.07, 6.45) is 7.58. The zero-order valence-corrected chi connectivity index (χ0v) is 15.1. The summed E-state index contributed by atoms with van der Waals surface area (Å²) in [4.78, 5) is 27.4. The fourth-order valence-corrected chi connectivity index (χ4v) is 3.40. The van der Waals surface area contributed by atoms with Crippen molar-refractivity contribution in [1.82, 2.24) is 20.3 Å². The predicted molar refractivity (Wildman–Crippen MR) is 98.6 cm³/mol. The quantitative estimate of drug-likeness (QED) is 0.830. The van der Waals surface area contributed by atoms with E-state index in [-0.39, 0.29) is 17.9 Å². The molecular weight excluding hydrogens is 346 g/mol. The fraction of sp³-hybridized carbons (Fsp3) is 0.474. The van der Waals surface area contributed by atoms with Gasteiger partial charge in [0.2, 0.25) is 5.95 Å². The molecule has 142 valence electrons. The molecule has 4 heterocycles. The standard InChI is InChI=1S/C19H23N5O3/c25-18(16-10-21-19(22-11-16)24-5-7-26-8-6-24)23-17-13-27-12-15(17)9-14-1-3-20-4-2-14/h1-4,10-11,15,17H,5-9,12-13H2,(H,23,25)/t15-,17+/m1/s1. The average Bonchev–Trinajstić information content (AvgIpc) is 3.16. The minimum Gasteiger partial charge on any atom is -0.379 e. The summed E-state index contributed by atoms with van der Waals surface area (Å²) >= 11 is 0. The molecule has 0 bridgehead atoms. The molecule has 1 N–H and O–H groups in total. The van der Waals surface area contributed by atoms with Crippen molar-refractivity contribution in [3.63, 3.8) is 0 Å². The number of nitrogens with zero attached hydrogens (tertiary/aromatic N) is 4. The summed E-state index contributed by atoms with van der Waals surface area (Å²) in [6.45, 7) is 4.04. The van der Waals surface area contributed by atoms with E-state index in [1.807, 2.05) is 12.1 Å². The van der Waals surface area contributed by atoms with E-state index < -0.39 is 0 Å². The predicted octanol–water partition coefficient (Wildman–Crippen LogP) is 0.696. The first-order valence-electron chi connectivity index (χ1n) is 9.22. The molecule has 1 amide bonds. The van der Waals surface area contributed by atoms with Crippen LogP contribution < -0.4 is 10.2 Å². The molecule has 2 aliphatic rings. The second kappa shape index (κ2) is 8.41. The van der Waals surface area contributed by atoms with Gasteiger partial charge >= 0.3 is 0 Å². The zero-order chi connectivity index (χ0) is 18.5. The SMILES string of the molecule is O=C(N[C@H]1COC[C@H]1Cc1ccncc1)c1cnc(N2CCOCC2)nc1. The van der Waals surface area contributed by atoms with Crippen LogP contribution in [0.4, 0.5) is 5.95 Å². The second-order valence-electron chi connectivity index (χ2n) is 6.81. The molecule has 0 saturated carbocycles. The second-order valence-corrected chi connectivity index (χ2v) is 6.81. The van der Waals surface area contributed by atoms with Crippen LogP contribution in [0.1, 0.15) is 15.9 Å². The average molecular weight is 369 g/mol. The van der Waals surface area contributed by atoms with Crippen molar-refractivity contribution in [2.45, 2.75) is 12.5 Å². The first-order chi connectivity index (χ1) is 13.3. The Hall–Kier alpha value is -2.58. The Bertz CT molecular complexity index is 750. The molecule has 2 aromatic heterocycles. The van der Waals surface area contributed by atoms with Crippen molar-refractivity contribution in [3.05, 3.63) is 48.0 Å². The highest BCUT2D eigenvalue weighted by molar-refractivity contribution is 5.93. The first kappa shape index (κ1) is 17.8. The number of aromatic nitrogens is 3. The van der Waals surface area contributed by atoms with Crippen LogP contribution in [0.2, 0.25) is 0 Å². The number of pyridine rings is 1. The van der Waals surface area contributed by atoms with Gasteiger partial charge in [-0.05, 0) is 24.1 Å². The Labute approximate surface area is 157 Å². The van der Waals surface area contributed by atoms with Crippen molar-refractivity contribution in [3.8, 4) is 0 Å². The highest BCUT2D eigenvalue weighted by Gasteiger charge is 2.30. The Kier molecular flexibility index (Phi) is 5.55. The molecular formula is C19H23N5O3. The number of anilines is 1. The third-order valence-electron chi connectivity index (χ3n) is 4.96. The van der Waals surface area contributed by atoms with Gasteiger partial charge in [-0.15, -0.1) is 0 Å². The third kappa shape index (κ3) is 4.40. The molecule has 2 aromatic rings. The number of nitrogens with one attached hydrogen (secondary N) is 1. The summed E-state index contributed by atoms with van der Waals surface area (Å²) in [5.74, 6) is 0.707. The van der Waals surface area contributed by atoms with Crippen LogP contribution in [-0.4, -0.2) is 66.4 Å². The molecule has 0 radical (unpaired) electrons. The number of rotatable bonds is 5. The van der Waals surface area contributed by atoms with Gasteiger partial charge in [-0.25, -0.2) is 9.97 Å². The van der Waals surface area contributed by atoms with Crippen molar-refractivity contribution in [2.24, 2.45) is 5.92 Å². The zero-order valence-electron chi connectivity index (χ0n) is 15.1. The van der Waals surface area contributed by atoms with Crippen LogP contribution >= 0.6 is 0 Å². The van der Waals surface area contributed by atoms with E-state index in [4.69, 9.17) is 9.47 Å². The van der Waals surface area contributed by atoms with Crippen LogP contribution in [-0.2, 0) is 15.9 Å². The smallest absolute Gasteiger partial charge is 0.254 e. The van der Waals surface area contributed by atoms with E-state index >= 15 is 0 Å². The number of hydrogen-bond donors (Lipinski definition) is 1. The van der Waals surface area contributed by atoms with E-state index in [0.717, 1.165) is 19.5 Å². The Morgan fingerprint density at radius 3 is 2.59 bits per heavy atom. The van der Waals surface area contributed by atoms with E-state index in [0.29, 0.717) is 37.9 Å². The van der Waals surface area contributed by atoms with Crippen LogP contribution in [0.15, 0.2) is 36.9 Å². The molecule has 2 fully saturated rings. The van der Waals surface area contributed by atoms with Gasteiger partial charge in [-0.3, -0.25) is 9.78 Å². The van der Waals surface area contributed by atoms with Gasteiger partial charge < -0.3 is 19.7 Å². The molecule has 0 spiro atoms. The number of ether oxygens (including phenoxy) is 2. The molecule has 27 heavy (non-hydrogen) atoms. The first-order valence-corrected chi connectivity index (χ1v) is 9.22. The van der Waals surface area contributed by atoms with Gasteiger partial charge in [0.25, 0.3) is 5.91 Å². The van der Waals surface area contributed by atoms with E-state index in [9.17, 15) is 4.79 Å². The minimum absolute atomic E-state index is 0.0235. The number of amides is 1. The van der Waals surface area contributed by atoms with E-state index in [1.165, 1.54) is 5.56 Å². The Morgan fingerprint density at radius 1 is 1.11 bits per heavy atom. The van der Waals surface area contributed by atoms with Crippen molar-refractivity contribution in [2.75, 3.05) is 44.4 Å². The fourth-order valence-electron chi connectivity index (χ4n) is 3.40.